The van der Waals surface area contributed by atoms with E-state index in [0.29, 0.717) is 12.3 Å². The van der Waals surface area contributed by atoms with Crippen molar-refractivity contribution in [2.24, 2.45) is 0 Å². The first-order chi connectivity index (χ1) is 11.7. The van der Waals surface area contributed by atoms with E-state index < -0.39 is 0 Å². The van der Waals surface area contributed by atoms with Crippen LogP contribution in [0.1, 0.15) is 5.56 Å². The Labute approximate surface area is 149 Å². The molecule has 0 aliphatic heterocycles. The number of amides is 1. The summed E-state index contributed by atoms with van der Waals surface area (Å²) in [7, 11) is 0. The van der Waals surface area contributed by atoms with Gasteiger partial charge in [-0.25, -0.2) is 4.98 Å². The molecule has 2 N–H and O–H groups in total. The molecule has 0 spiro atoms. The lowest BCUT2D eigenvalue weighted by Gasteiger charge is -2.05. The van der Waals surface area contributed by atoms with Crippen molar-refractivity contribution in [3.05, 3.63) is 54.1 Å². The third-order valence-electron chi connectivity index (χ3n) is 3.42. The zero-order valence-electron chi connectivity index (χ0n) is 13.4. The maximum absolute atomic E-state index is 11.9. The first kappa shape index (κ1) is 16.9. The molecule has 1 amide bonds. The number of hydrogen-bond donors (Lipinski definition) is 2. The summed E-state index contributed by atoms with van der Waals surface area (Å²) in [4.78, 5) is 20.8. The van der Waals surface area contributed by atoms with Crippen LogP contribution in [0.4, 0.5) is 0 Å². The van der Waals surface area contributed by atoms with Gasteiger partial charge in [0.15, 0.2) is 5.16 Å². The average molecular weight is 358 g/mol. The number of nitrogens with zero attached hydrogens (tertiary/aromatic N) is 1. The Hall–Kier alpha value is -1.92. The summed E-state index contributed by atoms with van der Waals surface area (Å²) in [5.74, 6) is 1.27. The van der Waals surface area contributed by atoms with E-state index in [-0.39, 0.29) is 5.91 Å². The Balaban J connectivity index is 1.37. The molecule has 124 valence electrons. The minimum atomic E-state index is 0.0324. The number of carbonyl (C=O) groups excluding carboxylic acids is 1. The van der Waals surface area contributed by atoms with Crippen molar-refractivity contribution in [3.63, 3.8) is 0 Å². The van der Waals surface area contributed by atoms with Crippen molar-refractivity contribution < 1.29 is 4.79 Å². The lowest BCUT2D eigenvalue weighted by Crippen LogP contribution is -2.27. The van der Waals surface area contributed by atoms with E-state index in [4.69, 9.17) is 0 Å². The highest BCUT2D eigenvalue weighted by atomic mass is 32.2. The summed E-state index contributed by atoms with van der Waals surface area (Å²) in [5.41, 5.74) is 3.18. The van der Waals surface area contributed by atoms with Gasteiger partial charge in [-0.2, -0.15) is 0 Å². The van der Waals surface area contributed by atoms with E-state index in [1.165, 1.54) is 22.2 Å². The molecule has 4 nitrogen and oxygen atoms in total. The normalized spacial score (nSPS) is 10.9. The van der Waals surface area contributed by atoms with Crippen molar-refractivity contribution in [2.45, 2.75) is 17.0 Å². The number of fused-ring (bicyclic) bond motifs is 1. The number of aromatic nitrogens is 2. The Morgan fingerprint density at radius 2 is 1.92 bits per heavy atom. The number of H-pyrrole nitrogens is 1. The molecule has 24 heavy (non-hydrogen) atoms. The molecule has 2 aromatic carbocycles. The van der Waals surface area contributed by atoms with Gasteiger partial charge in [0.25, 0.3) is 0 Å². The van der Waals surface area contributed by atoms with Crippen LogP contribution in [0.5, 0.6) is 0 Å². The van der Waals surface area contributed by atoms with E-state index >= 15 is 0 Å². The molecular formula is C18H19N3OS2. The maximum Gasteiger partial charge on any atom is 0.230 e. The lowest BCUT2D eigenvalue weighted by molar-refractivity contribution is -0.118. The predicted octanol–water partition coefficient (Wildman–Crippen LogP) is 3.87. The average Bonchev–Trinajstić information content (AvgIpc) is 3.01. The molecular weight excluding hydrogens is 338 g/mol. The second-order valence-corrected chi connectivity index (χ2v) is 7.49. The molecule has 0 atom stereocenters. The number of aromatic amines is 1. The summed E-state index contributed by atoms with van der Waals surface area (Å²) < 4.78 is 0. The van der Waals surface area contributed by atoms with Crippen molar-refractivity contribution >= 4 is 40.5 Å². The van der Waals surface area contributed by atoms with Crippen molar-refractivity contribution in [1.82, 2.24) is 15.3 Å². The topological polar surface area (TPSA) is 57.8 Å². The molecule has 0 fully saturated rings. The van der Waals surface area contributed by atoms with Crippen molar-refractivity contribution in [3.8, 4) is 0 Å². The molecule has 1 heterocycles. The molecule has 1 aromatic heterocycles. The number of imidazole rings is 1. The molecule has 3 rings (SSSR count). The van der Waals surface area contributed by atoms with Crippen LogP contribution >= 0.6 is 23.5 Å². The molecule has 6 heteroatoms. The third-order valence-corrected chi connectivity index (χ3v) is 5.31. The van der Waals surface area contributed by atoms with Gasteiger partial charge in [0.2, 0.25) is 5.91 Å². The summed E-state index contributed by atoms with van der Waals surface area (Å²) in [6.45, 7) is 2.74. The van der Waals surface area contributed by atoms with Crippen LogP contribution in [0.25, 0.3) is 11.0 Å². The standard InChI is InChI=1S/C18H19N3OS2/c1-13-6-8-14(9-7-13)23-11-10-19-17(22)12-24-18-20-15-4-2-3-5-16(15)21-18/h2-9H,10-12H2,1H3,(H,19,22)(H,20,21). The van der Waals surface area contributed by atoms with Gasteiger partial charge < -0.3 is 10.3 Å². The molecule has 0 aliphatic carbocycles. The Kier molecular flexibility index (Phi) is 5.82. The second-order valence-electron chi connectivity index (χ2n) is 5.36. The van der Waals surface area contributed by atoms with Crippen LogP contribution in [0.2, 0.25) is 0 Å². The second kappa shape index (κ2) is 8.26. The summed E-state index contributed by atoms with van der Waals surface area (Å²) in [6.07, 6.45) is 0. The largest absolute Gasteiger partial charge is 0.355 e. The lowest BCUT2D eigenvalue weighted by atomic mass is 10.2. The van der Waals surface area contributed by atoms with Crippen LogP contribution in [0.15, 0.2) is 58.6 Å². The van der Waals surface area contributed by atoms with Gasteiger partial charge in [-0.05, 0) is 31.2 Å². The van der Waals surface area contributed by atoms with Crippen LogP contribution in [-0.4, -0.2) is 33.9 Å². The molecule has 0 bridgehead atoms. The molecule has 0 radical (unpaired) electrons. The zero-order chi connectivity index (χ0) is 16.8. The number of para-hydroxylation sites is 2. The fourth-order valence-corrected chi connectivity index (χ4v) is 3.66. The number of aryl methyl sites for hydroxylation is 1. The van der Waals surface area contributed by atoms with E-state index in [1.54, 1.807) is 11.8 Å². The van der Waals surface area contributed by atoms with Gasteiger partial charge in [0.1, 0.15) is 0 Å². The SMILES string of the molecule is Cc1ccc(SCCNC(=O)CSc2nc3ccccc3[nH]2)cc1. The zero-order valence-corrected chi connectivity index (χ0v) is 15.0. The van der Waals surface area contributed by atoms with Crippen molar-refractivity contribution in [1.29, 1.82) is 0 Å². The molecule has 0 saturated carbocycles. The molecule has 0 aliphatic rings. The van der Waals surface area contributed by atoms with Crippen LogP contribution in [-0.2, 0) is 4.79 Å². The van der Waals surface area contributed by atoms with Crippen LogP contribution < -0.4 is 5.32 Å². The highest BCUT2D eigenvalue weighted by Gasteiger charge is 2.06. The number of carbonyl (C=O) groups is 1. The fraction of sp³-hybridized carbons (Fsp3) is 0.222. The fourth-order valence-electron chi connectivity index (χ4n) is 2.18. The summed E-state index contributed by atoms with van der Waals surface area (Å²) in [6, 6.07) is 16.3. The first-order valence-corrected chi connectivity index (χ1v) is 9.71. The van der Waals surface area contributed by atoms with Gasteiger partial charge >= 0.3 is 0 Å². The Morgan fingerprint density at radius 1 is 1.12 bits per heavy atom. The first-order valence-electron chi connectivity index (χ1n) is 7.74. The van der Waals surface area contributed by atoms with Gasteiger partial charge in [-0.3, -0.25) is 4.79 Å². The number of benzene rings is 2. The molecule has 3 aromatic rings. The number of thioether (sulfide) groups is 2. The summed E-state index contributed by atoms with van der Waals surface area (Å²) in [5, 5.41) is 3.72. The van der Waals surface area contributed by atoms with Gasteiger partial charge in [-0.15, -0.1) is 11.8 Å². The van der Waals surface area contributed by atoms with Gasteiger partial charge in [-0.1, -0.05) is 41.6 Å². The third kappa shape index (κ3) is 4.79. The molecule has 0 unspecified atom stereocenters. The highest BCUT2D eigenvalue weighted by Crippen LogP contribution is 2.19. The van der Waals surface area contributed by atoms with E-state index in [2.05, 4.69) is 46.5 Å². The van der Waals surface area contributed by atoms with Gasteiger partial charge in [0, 0.05) is 17.2 Å². The van der Waals surface area contributed by atoms with Gasteiger partial charge in [0.05, 0.1) is 16.8 Å². The highest BCUT2D eigenvalue weighted by molar-refractivity contribution is 7.99. The number of nitrogens with one attached hydrogen (secondary N) is 2. The summed E-state index contributed by atoms with van der Waals surface area (Å²) >= 11 is 3.17. The quantitative estimate of drug-likeness (QED) is 0.498. The maximum atomic E-state index is 11.9. The number of hydrogen-bond acceptors (Lipinski definition) is 4. The van der Waals surface area contributed by atoms with Crippen LogP contribution in [0, 0.1) is 6.92 Å². The van der Waals surface area contributed by atoms with Crippen LogP contribution in [0.3, 0.4) is 0 Å². The smallest absolute Gasteiger partial charge is 0.230 e. The minimum Gasteiger partial charge on any atom is -0.355 e. The Bertz CT molecular complexity index is 782. The Morgan fingerprint density at radius 3 is 2.71 bits per heavy atom. The van der Waals surface area contributed by atoms with E-state index in [1.807, 2.05) is 24.3 Å². The minimum absolute atomic E-state index is 0.0324. The predicted molar refractivity (Wildman–Crippen MR) is 102 cm³/mol. The van der Waals surface area contributed by atoms with E-state index in [0.717, 1.165) is 21.9 Å². The van der Waals surface area contributed by atoms with E-state index in [9.17, 15) is 4.79 Å². The van der Waals surface area contributed by atoms with Crippen molar-refractivity contribution in [2.75, 3.05) is 18.1 Å². The number of rotatable bonds is 7. The monoisotopic (exact) mass is 357 g/mol. The molecule has 0 saturated heterocycles.